The molecule has 2 aromatic heterocycles. The van der Waals surface area contributed by atoms with Gasteiger partial charge in [0.05, 0.1) is 16.7 Å². The summed E-state index contributed by atoms with van der Waals surface area (Å²) >= 11 is 0. The summed E-state index contributed by atoms with van der Waals surface area (Å²) in [6.07, 6.45) is 3.82. The van der Waals surface area contributed by atoms with Crippen LogP contribution in [0.5, 0.6) is 0 Å². The Morgan fingerprint density at radius 3 is 2.64 bits per heavy atom. The molecule has 2 aromatic carbocycles. The third-order valence-corrected chi connectivity index (χ3v) is 5.79. The molecule has 0 saturated carbocycles. The Hall–Kier alpha value is -2.92. The number of aromatic nitrogens is 2. The number of likely N-dealkylation sites (N-methyl/N-ethyl adjacent to an activating group) is 1. The summed E-state index contributed by atoms with van der Waals surface area (Å²) in [4.78, 5) is 9.43. The van der Waals surface area contributed by atoms with Crippen molar-refractivity contribution in [3.8, 4) is 5.69 Å². The highest BCUT2D eigenvalue weighted by Crippen LogP contribution is 2.32. The number of piperazine rings is 1. The zero-order valence-electron chi connectivity index (χ0n) is 16.2. The molecule has 1 aliphatic rings. The third-order valence-electron chi connectivity index (χ3n) is 5.79. The molecule has 0 spiro atoms. The Balaban J connectivity index is 1.72. The maximum Gasteiger partial charge on any atom is 0.132 e. The number of hydrogen-bond donors (Lipinski definition) is 0. The van der Waals surface area contributed by atoms with E-state index in [9.17, 15) is 4.39 Å². The summed E-state index contributed by atoms with van der Waals surface area (Å²) in [6.45, 7) is 6.06. The molecule has 5 heteroatoms. The Kier molecular flexibility index (Phi) is 4.05. The molecule has 0 radical (unpaired) electrons. The minimum Gasteiger partial charge on any atom is -0.367 e. The second-order valence-electron chi connectivity index (χ2n) is 7.64. The van der Waals surface area contributed by atoms with Gasteiger partial charge < -0.3 is 14.4 Å². The zero-order chi connectivity index (χ0) is 19.3. The molecule has 1 fully saturated rings. The first-order valence-electron chi connectivity index (χ1n) is 9.70. The van der Waals surface area contributed by atoms with Gasteiger partial charge in [0, 0.05) is 55.0 Å². The van der Waals surface area contributed by atoms with Crippen molar-refractivity contribution in [1.82, 2.24) is 14.5 Å². The first-order chi connectivity index (χ1) is 13.6. The summed E-state index contributed by atoms with van der Waals surface area (Å²) in [6, 6.07) is 13.7. The van der Waals surface area contributed by atoms with E-state index >= 15 is 0 Å². The molecule has 0 N–H and O–H groups in total. The standard InChI is InChI=1S/C23H23FN4/c1-16-5-6-20(24)19-7-9-28(23(16)19)18-14-17-4-3-8-25-22(17)21(15-18)27-12-10-26(2)11-13-27/h3-9,14-15H,10-13H2,1-2H3. The van der Waals surface area contributed by atoms with Crippen LogP contribution >= 0.6 is 0 Å². The van der Waals surface area contributed by atoms with Crippen LogP contribution in [0.3, 0.4) is 0 Å². The maximum atomic E-state index is 14.3. The van der Waals surface area contributed by atoms with E-state index in [0.29, 0.717) is 5.39 Å². The Morgan fingerprint density at radius 1 is 1.00 bits per heavy atom. The number of nitrogens with zero attached hydrogens (tertiary/aromatic N) is 4. The molecule has 1 aliphatic heterocycles. The predicted octanol–water partition coefficient (Wildman–Crippen LogP) is 4.38. The Labute approximate surface area is 163 Å². The van der Waals surface area contributed by atoms with E-state index < -0.39 is 0 Å². The number of fused-ring (bicyclic) bond motifs is 2. The van der Waals surface area contributed by atoms with Crippen molar-refractivity contribution in [2.75, 3.05) is 38.1 Å². The van der Waals surface area contributed by atoms with Gasteiger partial charge in [0.25, 0.3) is 0 Å². The van der Waals surface area contributed by atoms with Crippen molar-refractivity contribution >= 4 is 27.5 Å². The average Bonchev–Trinajstić information content (AvgIpc) is 3.17. The van der Waals surface area contributed by atoms with Crippen LogP contribution in [0.4, 0.5) is 10.1 Å². The van der Waals surface area contributed by atoms with E-state index in [1.165, 1.54) is 0 Å². The lowest BCUT2D eigenvalue weighted by Gasteiger charge is -2.34. The van der Waals surface area contributed by atoms with Crippen LogP contribution < -0.4 is 4.90 Å². The van der Waals surface area contributed by atoms with E-state index in [1.807, 2.05) is 37.5 Å². The number of pyridine rings is 1. The minimum absolute atomic E-state index is 0.180. The van der Waals surface area contributed by atoms with Crippen LogP contribution in [0.1, 0.15) is 5.56 Å². The molecule has 0 aliphatic carbocycles. The summed E-state index contributed by atoms with van der Waals surface area (Å²) in [7, 11) is 2.16. The van der Waals surface area contributed by atoms with Gasteiger partial charge in [-0.25, -0.2) is 4.39 Å². The van der Waals surface area contributed by atoms with E-state index in [-0.39, 0.29) is 5.82 Å². The topological polar surface area (TPSA) is 24.3 Å². The van der Waals surface area contributed by atoms with Crippen molar-refractivity contribution in [3.63, 3.8) is 0 Å². The highest BCUT2D eigenvalue weighted by molar-refractivity contribution is 5.94. The lowest BCUT2D eigenvalue weighted by atomic mass is 10.1. The van der Waals surface area contributed by atoms with Crippen LogP contribution in [-0.4, -0.2) is 47.7 Å². The highest BCUT2D eigenvalue weighted by atomic mass is 19.1. The average molecular weight is 374 g/mol. The lowest BCUT2D eigenvalue weighted by Crippen LogP contribution is -2.44. The number of anilines is 1. The molecule has 5 rings (SSSR count). The van der Waals surface area contributed by atoms with Gasteiger partial charge in [-0.2, -0.15) is 0 Å². The van der Waals surface area contributed by atoms with Crippen molar-refractivity contribution in [1.29, 1.82) is 0 Å². The Bertz CT molecular complexity index is 1170. The van der Waals surface area contributed by atoms with Crippen molar-refractivity contribution < 1.29 is 4.39 Å². The first kappa shape index (κ1) is 17.2. The smallest absolute Gasteiger partial charge is 0.132 e. The van der Waals surface area contributed by atoms with E-state index in [2.05, 4.69) is 44.6 Å². The molecule has 142 valence electrons. The normalized spacial score (nSPS) is 15.6. The van der Waals surface area contributed by atoms with Crippen LogP contribution in [0, 0.1) is 12.7 Å². The SMILES string of the molecule is Cc1ccc(F)c2ccn(-c3cc(N4CCN(C)CC4)c4ncccc4c3)c12. The fourth-order valence-electron chi connectivity index (χ4n) is 4.19. The van der Waals surface area contributed by atoms with Crippen molar-refractivity contribution in [2.24, 2.45) is 0 Å². The van der Waals surface area contributed by atoms with Gasteiger partial charge in [0.2, 0.25) is 0 Å². The van der Waals surface area contributed by atoms with Gasteiger partial charge in [-0.1, -0.05) is 12.1 Å². The quantitative estimate of drug-likeness (QED) is 0.520. The summed E-state index contributed by atoms with van der Waals surface area (Å²) < 4.78 is 16.4. The van der Waals surface area contributed by atoms with Gasteiger partial charge in [-0.15, -0.1) is 0 Å². The molecule has 0 unspecified atom stereocenters. The van der Waals surface area contributed by atoms with E-state index in [1.54, 1.807) is 6.07 Å². The van der Waals surface area contributed by atoms with Crippen LogP contribution in [0.15, 0.2) is 54.9 Å². The second-order valence-corrected chi connectivity index (χ2v) is 7.64. The van der Waals surface area contributed by atoms with Crippen LogP contribution in [0.25, 0.3) is 27.5 Å². The van der Waals surface area contributed by atoms with E-state index in [0.717, 1.165) is 59.5 Å². The van der Waals surface area contributed by atoms with Gasteiger partial charge in [-0.3, -0.25) is 4.98 Å². The molecule has 28 heavy (non-hydrogen) atoms. The predicted molar refractivity (Wildman–Crippen MR) is 113 cm³/mol. The van der Waals surface area contributed by atoms with Gasteiger partial charge in [0.15, 0.2) is 0 Å². The molecular formula is C23H23FN4. The number of hydrogen-bond acceptors (Lipinski definition) is 3. The number of aryl methyl sites for hydroxylation is 1. The third kappa shape index (κ3) is 2.74. The molecule has 0 atom stereocenters. The molecule has 0 bridgehead atoms. The van der Waals surface area contributed by atoms with Gasteiger partial charge in [-0.05, 0) is 49.9 Å². The first-order valence-corrected chi connectivity index (χ1v) is 9.70. The molecular weight excluding hydrogens is 351 g/mol. The van der Waals surface area contributed by atoms with Crippen LogP contribution in [0.2, 0.25) is 0 Å². The Morgan fingerprint density at radius 2 is 1.82 bits per heavy atom. The fraction of sp³-hybridized carbons (Fsp3) is 0.261. The maximum absolute atomic E-state index is 14.3. The summed E-state index contributed by atoms with van der Waals surface area (Å²) in [5, 5.41) is 1.76. The molecule has 4 aromatic rings. The lowest BCUT2D eigenvalue weighted by molar-refractivity contribution is 0.313. The van der Waals surface area contributed by atoms with Crippen LogP contribution in [-0.2, 0) is 0 Å². The molecule has 3 heterocycles. The largest absolute Gasteiger partial charge is 0.367 e. The van der Waals surface area contributed by atoms with Crippen molar-refractivity contribution in [2.45, 2.75) is 6.92 Å². The molecule has 1 saturated heterocycles. The van der Waals surface area contributed by atoms with Crippen molar-refractivity contribution in [3.05, 3.63) is 66.2 Å². The molecule has 0 amide bonds. The van der Waals surface area contributed by atoms with Gasteiger partial charge in [0.1, 0.15) is 5.82 Å². The monoisotopic (exact) mass is 374 g/mol. The van der Waals surface area contributed by atoms with E-state index in [4.69, 9.17) is 0 Å². The zero-order valence-corrected chi connectivity index (χ0v) is 16.2. The number of halogens is 1. The fourth-order valence-corrected chi connectivity index (χ4v) is 4.19. The minimum atomic E-state index is -0.180. The highest BCUT2D eigenvalue weighted by Gasteiger charge is 2.19. The summed E-state index contributed by atoms with van der Waals surface area (Å²) in [5.74, 6) is -0.180. The number of rotatable bonds is 2. The number of benzene rings is 2. The molecule has 4 nitrogen and oxygen atoms in total. The summed E-state index contributed by atoms with van der Waals surface area (Å²) in [5.41, 5.74) is 5.20. The second kappa shape index (κ2) is 6.60. The van der Waals surface area contributed by atoms with Gasteiger partial charge >= 0.3 is 0 Å².